The van der Waals surface area contributed by atoms with Gasteiger partial charge in [-0.15, -0.1) is 0 Å². The summed E-state index contributed by atoms with van der Waals surface area (Å²) in [5, 5.41) is 8.88. The highest BCUT2D eigenvalue weighted by Crippen LogP contribution is 2.48. The molecule has 0 aliphatic heterocycles. The van der Waals surface area contributed by atoms with Gasteiger partial charge in [0.2, 0.25) is 5.69 Å². The van der Waals surface area contributed by atoms with Crippen molar-refractivity contribution in [2.45, 2.75) is 58.3 Å². The number of benzene rings is 1. The van der Waals surface area contributed by atoms with Crippen LogP contribution in [-0.2, 0) is 15.6 Å². The van der Waals surface area contributed by atoms with Crippen LogP contribution < -0.4 is 0 Å². The predicted molar refractivity (Wildman–Crippen MR) is 113 cm³/mol. The number of pyridine rings is 1. The van der Waals surface area contributed by atoms with Gasteiger partial charge in [-0.2, -0.15) is 0 Å². The summed E-state index contributed by atoms with van der Waals surface area (Å²) in [5.41, 5.74) is 6.86. The molecular formula is C24H26N2O2. The highest BCUT2D eigenvalue weighted by molar-refractivity contribution is 5.87. The lowest BCUT2D eigenvalue weighted by atomic mass is 9.62. The fourth-order valence-electron chi connectivity index (χ4n) is 4.03. The fraction of sp³-hybridized carbons (Fsp3) is 0.375. The Labute approximate surface area is 166 Å². The maximum atomic E-state index is 10.8. The molecule has 0 saturated heterocycles. The van der Waals surface area contributed by atoms with Crippen molar-refractivity contribution in [2.75, 3.05) is 0 Å². The van der Waals surface area contributed by atoms with E-state index >= 15 is 0 Å². The van der Waals surface area contributed by atoms with Crippen molar-refractivity contribution in [1.82, 2.24) is 4.98 Å². The van der Waals surface area contributed by atoms with Gasteiger partial charge in [0.15, 0.2) is 0 Å². The zero-order valence-corrected chi connectivity index (χ0v) is 17.1. The lowest BCUT2D eigenvalue weighted by Gasteiger charge is -2.42. The number of fused-ring (bicyclic) bond motifs is 1. The number of carboxylic acids is 1. The zero-order valence-electron chi connectivity index (χ0n) is 17.1. The number of aliphatic carboxylic acids is 1. The van der Waals surface area contributed by atoms with Crippen molar-refractivity contribution < 1.29 is 9.90 Å². The van der Waals surface area contributed by atoms with Crippen LogP contribution in [0.4, 0.5) is 5.69 Å². The van der Waals surface area contributed by atoms with E-state index in [1.165, 1.54) is 23.4 Å². The van der Waals surface area contributed by atoms with Gasteiger partial charge in [0, 0.05) is 12.3 Å². The molecule has 1 aromatic heterocycles. The Bertz CT molecular complexity index is 1020. The molecule has 3 rings (SSSR count). The van der Waals surface area contributed by atoms with Crippen LogP contribution in [0.1, 0.15) is 62.9 Å². The molecule has 28 heavy (non-hydrogen) atoms. The van der Waals surface area contributed by atoms with Crippen molar-refractivity contribution >= 4 is 17.7 Å². The molecule has 2 aromatic rings. The van der Waals surface area contributed by atoms with E-state index in [1.807, 2.05) is 6.07 Å². The topological polar surface area (TPSA) is 54.5 Å². The van der Waals surface area contributed by atoms with Crippen LogP contribution in [0, 0.1) is 13.5 Å². The highest BCUT2D eigenvalue weighted by atomic mass is 16.4. The first-order valence-corrected chi connectivity index (χ1v) is 9.50. The van der Waals surface area contributed by atoms with E-state index in [1.54, 1.807) is 0 Å². The molecule has 4 heteroatoms. The zero-order chi connectivity index (χ0) is 20.7. The fourth-order valence-corrected chi connectivity index (χ4v) is 4.03. The van der Waals surface area contributed by atoms with E-state index < -0.39 is 5.97 Å². The van der Waals surface area contributed by atoms with Gasteiger partial charge in [0.25, 0.3) is 0 Å². The van der Waals surface area contributed by atoms with Crippen LogP contribution in [0.5, 0.6) is 0 Å². The number of aryl methyl sites for hydroxylation is 1. The normalized spacial score (nSPS) is 17.1. The molecule has 4 nitrogen and oxygen atoms in total. The summed E-state index contributed by atoms with van der Waals surface area (Å²) < 4.78 is 0. The smallest absolute Gasteiger partial charge is 0.328 e. The van der Waals surface area contributed by atoms with Gasteiger partial charge < -0.3 is 5.11 Å². The average Bonchev–Trinajstić information content (AvgIpc) is 2.63. The lowest BCUT2D eigenvalue weighted by molar-refractivity contribution is -0.131. The quantitative estimate of drug-likeness (QED) is 0.525. The minimum absolute atomic E-state index is 0.0741. The van der Waals surface area contributed by atoms with Crippen LogP contribution in [0.3, 0.4) is 0 Å². The summed E-state index contributed by atoms with van der Waals surface area (Å²) >= 11 is 0. The standard InChI is InChI=1S/C24H26N2O2/c1-15-11-19-20(24(4,5)10-9-23(19,2)3)13-17(15)18-12-16(7-8-22(27)28)26-14-21(18)25-6/h7-8,11-14H,9-10H2,1-5H3,(H,27,28)/b8-7+. The summed E-state index contributed by atoms with van der Waals surface area (Å²) in [6.45, 7) is 18.8. The molecule has 144 valence electrons. The summed E-state index contributed by atoms with van der Waals surface area (Å²) in [5.74, 6) is -1.02. The summed E-state index contributed by atoms with van der Waals surface area (Å²) in [6.07, 6.45) is 6.32. The second-order valence-electron chi connectivity index (χ2n) is 8.89. The van der Waals surface area contributed by atoms with E-state index in [0.717, 1.165) is 35.6 Å². The second kappa shape index (κ2) is 6.91. The molecule has 0 fully saturated rings. The minimum atomic E-state index is -1.02. The van der Waals surface area contributed by atoms with Gasteiger partial charge in [0.1, 0.15) is 0 Å². The molecule has 1 aliphatic rings. The largest absolute Gasteiger partial charge is 0.478 e. The van der Waals surface area contributed by atoms with Crippen LogP contribution in [0.25, 0.3) is 22.0 Å². The Morgan fingerprint density at radius 3 is 2.29 bits per heavy atom. The molecule has 0 saturated carbocycles. The predicted octanol–water partition coefficient (Wildman–Crippen LogP) is 6.05. The molecule has 0 amide bonds. The molecule has 0 unspecified atom stereocenters. The van der Waals surface area contributed by atoms with E-state index in [2.05, 4.69) is 56.6 Å². The Balaban J connectivity index is 2.24. The SMILES string of the molecule is [C-]#[N+]c1cnc(/C=C/C(=O)O)cc1-c1cc2c(cc1C)C(C)(C)CCC2(C)C. The molecule has 0 bridgehead atoms. The van der Waals surface area contributed by atoms with Crippen molar-refractivity contribution in [1.29, 1.82) is 0 Å². The molecule has 0 radical (unpaired) electrons. The second-order valence-corrected chi connectivity index (χ2v) is 8.89. The molecule has 0 spiro atoms. The van der Waals surface area contributed by atoms with E-state index in [-0.39, 0.29) is 10.8 Å². The number of carbonyl (C=O) groups is 1. The van der Waals surface area contributed by atoms with E-state index in [9.17, 15) is 4.79 Å². The maximum Gasteiger partial charge on any atom is 0.328 e. The Morgan fingerprint density at radius 1 is 1.11 bits per heavy atom. The van der Waals surface area contributed by atoms with Crippen LogP contribution in [0.15, 0.2) is 30.5 Å². The van der Waals surface area contributed by atoms with E-state index in [0.29, 0.717) is 11.4 Å². The third-order valence-corrected chi connectivity index (χ3v) is 5.91. The molecular weight excluding hydrogens is 348 g/mol. The van der Waals surface area contributed by atoms with Gasteiger partial charge in [-0.25, -0.2) is 9.64 Å². The van der Waals surface area contributed by atoms with Crippen molar-refractivity contribution in [3.8, 4) is 11.1 Å². The highest BCUT2D eigenvalue weighted by Gasteiger charge is 2.37. The number of aromatic nitrogens is 1. The lowest BCUT2D eigenvalue weighted by Crippen LogP contribution is -2.34. The monoisotopic (exact) mass is 374 g/mol. The van der Waals surface area contributed by atoms with Gasteiger partial charge in [-0.05, 0) is 70.6 Å². The van der Waals surface area contributed by atoms with Crippen molar-refractivity contribution in [2.24, 2.45) is 0 Å². The van der Waals surface area contributed by atoms with Crippen LogP contribution in [-0.4, -0.2) is 16.1 Å². The number of carboxylic acid groups (broad SMARTS) is 1. The number of hydrogen-bond donors (Lipinski definition) is 1. The maximum absolute atomic E-state index is 10.8. The third-order valence-electron chi connectivity index (χ3n) is 5.91. The first-order valence-electron chi connectivity index (χ1n) is 9.50. The number of hydrogen-bond acceptors (Lipinski definition) is 2. The molecule has 1 aromatic carbocycles. The molecule has 1 heterocycles. The average molecular weight is 374 g/mol. The first-order chi connectivity index (χ1) is 13.0. The first kappa shape index (κ1) is 19.8. The Hall–Kier alpha value is -2.93. The number of rotatable bonds is 3. The summed E-state index contributed by atoms with van der Waals surface area (Å²) in [7, 11) is 0. The van der Waals surface area contributed by atoms with Crippen molar-refractivity contribution in [3.63, 3.8) is 0 Å². The molecule has 0 atom stereocenters. The third kappa shape index (κ3) is 3.57. The number of nitrogens with zero attached hydrogens (tertiary/aromatic N) is 2. The van der Waals surface area contributed by atoms with E-state index in [4.69, 9.17) is 11.7 Å². The van der Waals surface area contributed by atoms with Crippen LogP contribution >= 0.6 is 0 Å². The Kier molecular flexibility index (Phi) is 4.89. The van der Waals surface area contributed by atoms with Gasteiger partial charge in [-0.1, -0.05) is 39.8 Å². The van der Waals surface area contributed by atoms with Crippen molar-refractivity contribution in [3.05, 3.63) is 64.3 Å². The summed E-state index contributed by atoms with van der Waals surface area (Å²) in [4.78, 5) is 18.7. The van der Waals surface area contributed by atoms with Crippen LogP contribution in [0.2, 0.25) is 0 Å². The molecule has 1 aliphatic carbocycles. The summed E-state index contributed by atoms with van der Waals surface area (Å²) in [6, 6.07) is 6.31. The van der Waals surface area contributed by atoms with Gasteiger partial charge >= 0.3 is 5.97 Å². The Morgan fingerprint density at radius 2 is 1.71 bits per heavy atom. The van der Waals surface area contributed by atoms with Gasteiger partial charge in [0.05, 0.1) is 12.3 Å². The molecule has 1 N–H and O–H groups in total. The van der Waals surface area contributed by atoms with Gasteiger partial charge in [-0.3, -0.25) is 4.98 Å². The minimum Gasteiger partial charge on any atom is -0.478 e.